The molecule has 2 aromatic carbocycles. The molecule has 4 aromatic heterocycles. The molecule has 2 unspecified atom stereocenters. The highest BCUT2D eigenvalue weighted by Crippen LogP contribution is 2.60. The fourth-order valence-corrected chi connectivity index (χ4v) is 6.19. The minimum atomic E-state index is -4.67. The van der Waals surface area contributed by atoms with Gasteiger partial charge < -0.3 is 19.8 Å². The number of pyridine rings is 1. The molecule has 0 radical (unpaired) electrons. The molecule has 3 atom stereocenters. The number of nitrogens with one attached hydrogen (secondary N) is 1. The normalized spacial score (nSPS) is 19.1. The fourth-order valence-electron chi connectivity index (χ4n) is 6.01. The quantitative estimate of drug-likeness (QED) is 0.244. The molecule has 0 spiro atoms. The van der Waals surface area contributed by atoms with Gasteiger partial charge in [0.15, 0.2) is 17.1 Å². The molecular formula is C28H17ClF4N8O2. The summed E-state index contributed by atoms with van der Waals surface area (Å²) >= 11 is 6.26. The average molecular weight is 609 g/mol. The van der Waals surface area contributed by atoms with Gasteiger partial charge in [0, 0.05) is 33.8 Å². The summed E-state index contributed by atoms with van der Waals surface area (Å²) in [5, 5.41) is 11.5. The van der Waals surface area contributed by atoms with Gasteiger partial charge in [0.25, 0.3) is 5.56 Å². The third-order valence-corrected chi connectivity index (χ3v) is 8.27. The largest absolute Gasteiger partial charge is 0.436 e. The van der Waals surface area contributed by atoms with Crippen LogP contribution in [0.15, 0.2) is 64.0 Å². The van der Waals surface area contributed by atoms with Crippen LogP contribution in [0.4, 0.5) is 23.4 Å². The summed E-state index contributed by atoms with van der Waals surface area (Å²) in [6.07, 6.45) is -3.14. The number of H-pyrrole nitrogens is 1. The fraction of sp³-hybridized carbons (Fsp3) is 0.179. The summed E-state index contributed by atoms with van der Waals surface area (Å²) in [5.74, 6) is -0.0959. The molecule has 43 heavy (non-hydrogen) atoms. The second-order valence-electron chi connectivity index (χ2n) is 10.6. The third kappa shape index (κ3) is 3.96. The van der Waals surface area contributed by atoms with Crippen molar-refractivity contribution in [3.8, 4) is 28.1 Å². The predicted molar refractivity (Wildman–Crippen MR) is 146 cm³/mol. The van der Waals surface area contributed by atoms with Crippen molar-refractivity contribution in [2.24, 2.45) is 5.92 Å². The second-order valence-corrected chi connectivity index (χ2v) is 11.0. The van der Waals surface area contributed by atoms with Crippen molar-refractivity contribution < 1.29 is 22.1 Å². The Morgan fingerprint density at radius 2 is 1.93 bits per heavy atom. The first kappa shape index (κ1) is 25.7. The lowest BCUT2D eigenvalue weighted by molar-refractivity contribution is -0.141. The monoisotopic (exact) mass is 608 g/mol. The average Bonchev–Trinajstić information content (AvgIpc) is 3.31. The lowest BCUT2D eigenvalue weighted by Gasteiger charge is -2.17. The number of halogens is 5. The van der Waals surface area contributed by atoms with E-state index in [1.807, 2.05) is 6.07 Å². The van der Waals surface area contributed by atoms with Crippen molar-refractivity contribution in [1.82, 2.24) is 34.7 Å². The second kappa shape index (κ2) is 8.77. The number of benzene rings is 2. The molecule has 0 saturated heterocycles. The van der Waals surface area contributed by atoms with Gasteiger partial charge in [0.05, 0.1) is 23.3 Å². The van der Waals surface area contributed by atoms with E-state index >= 15 is 4.39 Å². The first-order chi connectivity index (χ1) is 20.6. The van der Waals surface area contributed by atoms with Crippen LogP contribution < -0.4 is 11.3 Å². The van der Waals surface area contributed by atoms with E-state index in [1.54, 1.807) is 28.8 Å². The molecule has 15 heteroatoms. The number of aromatic amines is 1. The van der Waals surface area contributed by atoms with Gasteiger partial charge in [-0.3, -0.25) is 4.79 Å². The lowest BCUT2D eigenvalue weighted by atomic mass is 10.0. The van der Waals surface area contributed by atoms with Gasteiger partial charge in [0.1, 0.15) is 11.5 Å². The van der Waals surface area contributed by atoms with E-state index < -0.39 is 23.9 Å². The van der Waals surface area contributed by atoms with Crippen molar-refractivity contribution in [3.63, 3.8) is 0 Å². The minimum absolute atomic E-state index is 0.0152. The maximum absolute atomic E-state index is 15.2. The molecule has 1 fully saturated rings. The molecule has 0 bridgehead atoms. The SMILES string of the molecule is Nc1noc2cc(-c3nc(C4[C@@H]5CC5c5cc(-c6cc(Cl)ccc6-n6cc(C(F)(F)F)nn6)cc(=O)n54)[nH]c3F)ccc12. The van der Waals surface area contributed by atoms with E-state index in [0.717, 1.165) is 23.0 Å². The summed E-state index contributed by atoms with van der Waals surface area (Å²) in [6, 6.07) is 12.2. The minimum Gasteiger partial charge on any atom is -0.380 e. The molecule has 8 rings (SSSR count). The lowest BCUT2D eigenvalue weighted by Crippen LogP contribution is -2.26. The van der Waals surface area contributed by atoms with E-state index in [0.29, 0.717) is 38.5 Å². The third-order valence-electron chi connectivity index (χ3n) is 8.03. The van der Waals surface area contributed by atoms with E-state index in [9.17, 15) is 18.0 Å². The smallest absolute Gasteiger partial charge is 0.380 e. The Kier molecular flexibility index (Phi) is 5.24. The highest BCUT2D eigenvalue weighted by molar-refractivity contribution is 6.31. The van der Waals surface area contributed by atoms with Gasteiger partial charge in [-0.2, -0.15) is 17.6 Å². The number of nitrogen functional groups attached to an aromatic ring is 1. The van der Waals surface area contributed by atoms with Crippen LogP contribution in [0.3, 0.4) is 0 Å². The number of nitrogens with two attached hydrogens (primary N) is 1. The Hall–Kier alpha value is -4.98. The van der Waals surface area contributed by atoms with Gasteiger partial charge in [0.2, 0.25) is 5.95 Å². The molecule has 10 nitrogen and oxygen atoms in total. The summed E-state index contributed by atoms with van der Waals surface area (Å²) in [7, 11) is 0. The van der Waals surface area contributed by atoms with E-state index in [1.165, 1.54) is 18.2 Å². The summed E-state index contributed by atoms with van der Waals surface area (Å²) < 4.78 is 62.6. The Labute approximate surface area is 242 Å². The van der Waals surface area contributed by atoms with Crippen molar-refractivity contribution in [2.45, 2.75) is 24.6 Å². The van der Waals surface area contributed by atoms with Gasteiger partial charge in [-0.05, 0) is 54.3 Å². The Morgan fingerprint density at radius 3 is 2.72 bits per heavy atom. The number of anilines is 1. The van der Waals surface area contributed by atoms with Crippen molar-refractivity contribution in [3.05, 3.63) is 93.3 Å². The number of rotatable bonds is 4. The number of fused-ring (bicyclic) bond motifs is 4. The van der Waals surface area contributed by atoms with Crippen LogP contribution in [0.25, 0.3) is 39.0 Å². The summed E-state index contributed by atoms with van der Waals surface area (Å²) in [4.78, 5) is 20.9. The van der Waals surface area contributed by atoms with Gasteiger partial charge in [-0.15, -0.1) is 5.10 Å². The van der Waals surface area contributed by atoms with Crippen LogP contribution >= 0.6 is 11.6 Å². The van der Waals surface area contributed by atoms with Crippen molar-refractivity contribution in [1.29, 1.82) is 0 Å². The van der Waals surface area contributed by atoms with Gasteiger partial charge >= 0.3 is 6.18 Å². The van der Waals surface area contributed by atoms with Crippen LogP contribution in [0, 0.1) is 11.9 Å². The van der Waals surface area contributed by atoms with Crippen LogP contribution in [0.1, 0.15) is 35.6 Å². The zero-order valence-corrected chi connectivity index (χ0v) is 22.4. The molecule has 1 aliphatic heterocycles. The standard InChI is InChI=1S/C28H17ClF4N8O2/c29-13-2-4-18(40-10-21(37-39-40)28(31,32)33)15(8-13)12-5-19-16-9-17(16)24(41(19)22(42)7-12)27-35-23(25(30)36-27)11-1-3-14-20(6-11)43-38-26(14)34/h1-8,10,16-17,24H,9H2,(H2,34,38)(H,35,36)/t16?,17-,24?/m1/s1. The van der Waals surface area contributed by atoms with E-state index in [-0.39, 0.29) is 34.6 Å². The van der Waals surface area contributed by atoms with E-state index in [2.05, 4.69) is 25.4 Å². The molecule has 216 valence electrons. The van der Waals surface area contributed by atoms with Gasteiger partial charge in [-0.25, -0.2) is 9.67 Å². The number of imidazole rings is 1. The Balaban J connectivity index is 1.19. The molecule has 1 saturated carbocycles. The number of aromatic nitrogens is 7. The number of nitrogens with zero attached hydrogens (tertiary/aromatic N) is 6. The first-order valence-electron chi connectivity index (χ1n) is 13.0. The van der Waals surface area contributed by atoms with Gasteiger partial charge in [-0.1, -0.05) is 28.0 Å². The van der Waals surface area contributed by atoms with Crippen molar-refractivity contribution in [2.75, 3.05) is 5.73 Å². The summed E-state index contributed by atoms with van der Waals surface area (Å²) in [6.45, 7) is 0. The van der Waals surface area contributed by atoms with Crippen LogP contribution in [0.2, 0.25) is 5.02 Å². The molecule has 5 heterocycles. The van der Waals surface area contributed by atoms with Crippen LogP contribution in [-0.2, 0) is 6.18 Å². The molecule has 0 amide bonds. The zero-order valence-electron chi connectivity index (χ0n) is 21.6. The summed E-state index contributed by atoms with van der Waals surface area (Å²) in [5.41, 5.74) is 7.00. The Bertz CT molecular complexity index is 2160. The van der Waals surface area contributed by atoms with Crippen molar-refractivity contribution >= 4 is 28.4 Å². The van der Waals surface area contributed by atoms with E-state index in [4.69, 9.17) is 21.9 Å². The molecule has 3 N–H and O–H groups in total. The van der Waals surface area contributed by atoms with Crippen LogP contribution in [-0.4, -0.2) is 34.7 Å². The highest BCUT2D eigenvalue weighted by atomic mass is 35.5. The van der Waals surface area contributed by atoms with Crippen LogP contribution in [0.5, 0.6) is 0 Å². The first-order valence-corrected chi connectivity index (χ1v) is 13.4. The predicted octanol–water partition coefficient (Wildman–Crippen LogP) is 5.73. The number of alkyl halides is 3. The molecule has 1 aliphatic carbocycles. The maximum Gasteiger partial charge on any atom is 0.436 e. The topological polar surface area (TPSA) is 133 Å². The number of hydrogen-bond acceptors (Lipinski definition) is 7. The molecular weight excluding hydrogens is 592 g/mol. The zero-order chi connectivity index (χ0) is 29.8. The molecule has 6 aromatic rings. The Morgan fingerprint density at radius 1 is 1.09 bits per heavy atom. The number of hydrogen-bond donors (Lipinski definition) is 2. The maximum atomic E-state index is 15.2. The molecule has 2 aliphatic rings. The highest BCUT2D eigenvalue weighted by Gasteiger charge is 2.54.